The van der Waals surface area contributed by atoms with E-state index in [0.29, 0.717) is 11.3 Å². The van der Waals surface area contributed by atoms with E-state index in [0.717, 1.165) is 16.8 Å². The smallest absolute Gasteiger partial charge is 0.276 e. The largest absolute Gasteiger partial charge is 0.497 e. The lowest BCUT2D eigenvalue weighted by atomic mass is 10.2. The number of nitrogens with zero attached hydrogens (tertiary/aromatic N) is 1. The van der Waals surface area contributed by atoms with Gasteiger partial charge in [0, 0.05) is 17.3 Å². The van der Waals surface area contributed by atoms with E-state index in [1.165, 1.54) is 0 Å². The van der Waals surface area contributed by atoms with Crippen LogP contribution < -0.4 is 25.6 Å². The van der Waals surface area contributed by atoms with Gasteiger partial charge >= 0.3 is 0 Å². The van der Waals surface area contributed by atoms with Crippen molar-refractivity contribution in [3.05, 3.63) is 60.8 Å². The third-order valence-corrected chi connectivity index (χ3v) is 3.82. The Morgan fingerprint density at radius 3 is 2.63 bits per heavy atom. The Hall–Kier alpha value is -3.39. The number of methoxy groups -OCH3 is 1. The topological polar surface area (TPSA) is 84.5 Å². The van der Waals surface area contributed by atoms with Crippen molar-refractivity contribution < 1.29 is 14.3 Å². The molecule has 7 nitrogen and oxygen atoms in total. The molecule has 0 saturated heterocycles. The van der Waals surface area contributed by atoms with E-state index >= 15 is 0 Å². The number of benzene rings is 2. The van der Waals surface area contributed by atoms with Crippen molar-refractivity contribution in [1.29, 1.82) is 0 Å². The highest BCUT2D eigenvalue weighted by atomic mass is 32.1. The highest BCUT2D eigenvalue weighted by Gasteiger charge is 2.07. The predicted octanol–water partition coefficient (Wildman–Crippen LogP) is 2.64. The van der Waals surface area contributed by atoms with Crippen LogP contribution in [0.3, 0.4) is 0 Å². The summed E-state index contributed by atoms with van der Waals surface area (Å²) in [5, 5.41) is 4.14. The molecule has 0 unspecified atom stereocenters. The Morgan fingerprint density at radius 2 is 1.85 bits per heavy atom. The van der Waals surface area contributed by atoms with Crippen LogP contribution in [0.2, 0.25) is 0 Å². The number of pyridine rings is 1. The Labute approximate surface area is 161 Å². The number of aromatic nitrogens is 1. The molecule has 1 aromatic heterocycles. The summed E-state index contributed by atoms with van der Waals surface area (Å²) < 4.78 is 10.7. The molecule has 2 aromatic carbocycles. The highest BCUT2D eigenvalue weighted by Crippen LogP contribution is 2.22. The molecular formula is C19H18N4O3S. The van der Waals surface area contributed by atoms with Crippen molar-refractivity contribution in [1.82, 2.24) is 15.8 Å². The molecule has 0 fully saturated rings. The first-order valence-corrected chi connectivity index (χ1v) is 8.53. The number of fused-ring (bicyclic) bond motifs is 1. The standard InChI is InChI=1S/C19H18N4O3S/c1-25-15-9-7-14(8-10-15)21-19(27)23-22-17(24)12-26-16-6-2-4-13-5-3-11-20-18(13)16/h2-11H,12H2,1H3,(H,22,24)(H2,21,23,27). The average molecular weight is 382 g/mol. The molecule has 3 rings (SSSR count). The van der Waals surface area contributed by atoms with Crippen molar-refractivity contribution in [3.8, 4) is 11.5 Å². The molecule has 1 amide bonds. The number of carbonyl (C=O) groups excluding carboxylic acids is 1. The summed E-state index contributed by atoms with van der Waals surface area (Å²) in [6, 6.07) is 16.6. The number of anilines is 1. The first-order chi connectivity index (χ1) is 13.2. The molecule has 8 heteroatoms. The maximum absolute atomic E-state index is 12.0. The molecule has 0 radical (unpaired) electrons. The van der Waals surface area contributed by atoms with Gasteiger partial charge in [-0.15, -0.1) is 0 Å². The summed E-state index contributed by atoms with van der Waals surface area (Å²) in [5.41, 5.74) is 6.58. The number of amides is 1. The third kappa shape index (κ3) is 5.05. The van der Waals surface area contributed by atoms with E-state index in [1.807, 2.05) is 36.4 Å². The zero-order chi connectivity index (χ0) is 19.1. The molecule has 3 N–H and O–H groups in total. The Kier molecular flexibility index (Phi) is 6.01. The summed E-state index contributed by atoms with van der Waals surface area (Å²) in [6.45, 7) is -0.173. The maximum atomic E-state index is 12.0. The molecule has 0 bridgehead atoms. The molecule has 1 heterocycles. The van der Waals surface area contributed by atoms with Gasteiger partial charge in [-0.3, -0.25) is 20.6 Å². The quantitative estimate of drug-likeness (QED) is 0.462. The van der Waals surface area contributed by atoms with Gasteiger partial charge in [-0.25, -0.2) is 0 Å². The minimum Gasteiger partial charge on any atom is -0.497 e. The van der Waals surface area contributed by atoms with Gasteiger partial charge in [0.05, 0.1) is 7.11 Å². The van der Waals surface area contributed by atoms with Crippen molar-refractivity contribution >= 4 is 39.8 Å². The number of ether oxygens (including phenoxy) is 2. The van der Waals surface area contributed by atoms with Crippen LogP contribution in [0.5, 0.6) is 11.5 Å². The van der Waals surface area contributed by atoms with Crippen molar-refractivity contribution in [2.24, 2.45) is 0 Å². The van der Waals surface area contributed by atoms with Crippen molar-refractivity contribution in [3.63, 3.8) is 0 Å². The van der Waals surface area contributed by atoms with E-state index in [2.05, 4.69) is 21.2 Å². The molecule has 27 heavy (non-hydrogen) atoms. The fourth-order valence-corrected chi connectivity index (χ4v) is 2.50. The normalized spacial score (nSPS) is 10.1. The molecule has 0 atom stereocenters. The first-order valence-electron chi connectivity index (χ1n) is 8.12. The van der Waals surface area contributed by atoms with Gasteiger partial charge in [0.25, 0.3) is 5.91 Å². The number of hydrogen-bond acceptors (Lipinski definition) is 5. The summed E-state index contributed by atoms with van der Waals surface area (Å²) in [7, 11) is 1.60. The Bertz CT molecular complexity index is 942. The van der Waals surface area contributed by atoms with Gasteiger partial charge in [-0.05, 0) is 48.6 Å². The molecule has 0 aliphatic heterocycles. The van der Waals surface area contributed by atoms with Gasteiger partial charge in [0.15, 0.2) is 11.7 Å². The summed E-state index contributed by atoms with van der Waals surface area (Å²) in [4.78, 5) is 16.3. The predicted molar refractivity (Wildman–Crippen MR) is 108 cm³/mol. The number of rotatable bonds is 5. The maximum Gasteiger partial charge on any atom is 0.276 e. The van der Waals surface area contributed by atoms with Crippen molar-refractivity contribution in [2.75, 3.05) is 19.0 Å². The van der Waals surface area contributed by atoms with Crippen LogP contribution in [-0.2, 0) is 4.79 Å². The Balaban J connectivity index is 1.47. The van der Waals surface area contributed by atoms with E-state index in [4.69, 9.17) is 21.7 Å². The Morgan fingerprint density at radius 1 is 1.07 bits per heavy atom. The number of thiocarbonyl (C=S) groups is 1. The van der Waals surface area contributed by atoms with Gasteiger partial charge in [-0.2, -0.15) is 0 Å². The number of hydrazine groups is 1. The summed E-state index contributed by atoms with van der Waals surface area (Å²) in [5.74, 6) is 0.914. The lowest BCUT2D eigenvalue weighted by molar-refractivity contribution is -0.123. The zero-order valence-corrected chi connectivity index (χ0v) is 15.4. The van der Waals surface area contributed by atoms with Crippen LogP contribution in [0.1, 0.15) is 0 Å². The van der Waals surface area contributed by atoms with Crippen LogP contribution in [0.4, 0.5) is 5.69 Å². The molecular weight excluding hydrogens is 364 g/mol. The highest BCUT2D eigenvalue weighted by molar-refractivity contribution is 7.80. The fraction of sp³-hybridized carbons (Fsp3) is 0.105. The van der Waals surface area contributed by atoms with E-state index < -0.39 is 0 Å². The lowest BCUT2D eigenvalue weighted by Gasteiger charge is -2.13. The third-order valence-electron chi connectivity index (χ3n) is 3.62. The average Bonchev–Trinajstić information content (AvgIpc) is 2.71. The number of para-hydroxylation sites is 1. The number of hydrogen-bond donors (Lipinski definition) is 3. The minimum absolute atomic E-state index is 0.173. The lowest BCUT2D eigenvalue weighted by Crippen LogP contribution is -2.45. The second-order valence-electron chi connectivity index (χ2n) is 5.48. The minimum atomic E-state index is -0.373. The van der Waals surface area contributed by atoms with Crippen molar-refractivity contribution in [2.45, 2.75) is 0 Å². The fourth-order valence-electron chi connectivity index (χ4n) is 2.34. The molecule has 138 valence electrons. The van der Waals surface area contributed by atoms with Crippen LogP contribution >= 0.6 is 12.2 Å². The zero-order valence-electron chi connectivity index (χ0n) is 14.6. The first kappa shape index (κ1) is 18.4. The van der Waals surface area contributed by atoms with E-state index in [9.17, 15) is 4.79 Å². The summed E-state index contributed by atoms with van der Waals surface area (Å²) >= 11 is 5.14. The van der Waals surface area contributed by atoms with Gasteiger partial charge in [0.2, 0.25) is 0 Å². The summed E-state index contributed by atoms with van der Waals surface area (Å²) in [6.07, 6.45) is 1.68. The second kappa shape index (κ2) is 8.81. The van der Waals surface area contributed by atoms with Gasteiger partial charge < -0.3 is 14.8 Å². The second-order valence-corrected chi connectivity index (χ2v) is 5.88. The van der Waals surface area contributed by atoms with Crippen LogP contribution in [0, 0.1) is 0 Å². The molecule has 3 aromatic rings. The number of carbonyl (C=O) groups is 1. The van der Waals surface area contributed by atoms with Gasteiger partial charge in [-0.1, -0.05) is 18.2 Å². The molecule has 0 saturated carbocycles. The van der Waals surface area contributed by atoms with Crippen LogP contribution in [0.25, 0.3) is 10.9 Å². The van der Waals surface area contributed by atoms with Crippen LogP contribution in [0.15, 0.2) is 60.8 Å². The van der Waals surface area contributed by atoms with E-state index in [1.54, 1.807) is 31.5 Å². The molecule has 0 aliphatic carbocycles. The molecule has 0 spiro atoms. The molecule has 0 aliphatic rings. The van der Waals surface area contributed by atoms with E-state index in [-0.39, 0.29) is 17.6 Å². The van der Waals surface area contributed by atoms with Crippen LogP contribution in [-0.4, -0.2) is 29.7 Å². The SMILES string of the molecule is COc1ccc(NC(=S)NNC(=O)COc2cccc3cccnc23)cc1. The van der Waals surface area contributed by atoms with Gasteiger partial charge in [0.1, 0.15) is 17.0 Å². The number of nitrogens with one attached hydrogen (secondary N) is 3. The monoisotopic (exact) mass is 382 g/mol.